The Balaban J connectivity index is 2.21. The Morgan fingerprint density at radius 3 is 2.62 bits per heavy atom. The quantitative estimate of drug-likeness (QED) is 0.917. The van der Waals surface area contributed by atoms with E-state index >= 15 is 0 Å². The van der Waals surface area contributed by atoms with Gasteiger partial charge in [0.15, 0.2) is 0 Å². The highest BCUT2D eigenvalue weighted by Crippen LogP contribution is 2.30. The van der Waals surface area contributed by atoms with Gasteiger partial charge < -0.3 is 5.32 Å². The summed E-state index contributed by atoms with van der Waals surface area (Å²) in [7, 11) is 1.82. The number of benzene rings is 1. The fourth-order valence-corrected chi connectivity index (χ4v) is 2.26. The first-order valence-electron chi connectivity index (χ1n) is 6.79. The van der Waals surface area contributed by atoms with Gasteiger partial charge in [-0.1, -0.05) is 25.1 Å². The van der Waals surface area contributed by atoms with Crippen LogP contribution in [0.15, 0.2) is 36.5 Å². The number of hydrogen-bond acceptors (Lipinski definition) is 2. The Bertz CT molecular complexity index is 590. The summed E-state index contributed by atoms with van der Waals surface area (Å²) in [5, 5.41) is 7.59. The van der Waals surface area contributed by atoms with E-state index in [4.69, 9.17) is 0 Å². The van der Waals surface area contributed by atoms with Gasteiger partial charge in [0.1, 0.15) is 0 Å². The van der Waals surface area contributed by atoms with Gasteiger partial charge in [-0.05, 0) is 30.7 Å². The second kappa shape index (κ2) is 6.30. The lowest BCUT2D eigenvalue weighted by atomic mass is 10.0. The number of halogens is 3. The Labute approximate surface area is 121 Å². The van der Waals surface area contributed by atoms with Crippen LogP contribution in [0.4, 0.5) is 13.2 Å². The van der Waals surface area contributed by atoms with Crippen LogP contribution in [0.2, 0.25) is 0 Å². The zero-order chi connectivity index (χ0) is 15.5. The van der Waals surface area contributed by atoms with Gasteiger partial charge >= 0.3 is 6.18 Å². The molecule has 0 saturated carbocycles. The van der Waals surface area contributed by atoms with Gasteiger partial charge in [-0.3, -0.25) is 4.68 Å². The summed E-state index contributed by atoms with van der Waals surface area (Å²) in [5.74, 6) is 0. The van der Waals surface area contributed by atoms with Gasteiger partial charge in [0, 0.05) is 13.2 Å². The third kappa shape index (κ3) is 4.07. The van der Waals surface area contributed by atoms with Crippen LogP contribution < -0.4 is 5.32 Å². The lowest BCUT2D eigenvalue weighted by molar-refractivity contribution is -0.137. The molecule has 2 rings (SSSR count). The summed E-state index contributed by atoms with van der Waals surface area (Å²) < 4.78 is 39.9. The summed E-state index contributed by atoms with van der Waals surface area (Å²) in [5.41, 5.74) is 0.856. The maximum atomic E-state index is 12.7. The minimum Gasteiger partial charge on any atom is -0.309 e. The number of hydrogen-bond donors (Lipinski definition) is 1. The van der Waals surface area contributed by atoms with Crippen LogP contribution >= 0.6 is 0 Å². The number of nitrogens with zero attached hydrogens (tertiary/aromatic N) is 2. The summed E-state index contributed by atoms with van der Waals surface area (Å²) in [6.45, 7) is 2.68. The summed E-state index contributed by atoms with van der Waals surface area (Å²) >= 11 is 0. The maximum Gasteiger partial charge on any atom is 0.416 e. The zero-order valence-electron chi connectivity index (χ0n) is 12.0. The molecule has 0 aliphatic heterocycles. The zero-order valence-corrected chi connectivity index (χ0v) is 12.0. The van der Waals surface area contributed by atoms with Crippen molar-refractivity contribution in [2.24, 2.45) is 7.05 Å². The van der Waals surface area contributed by atoms with Crippen molar-refractivity contribution in [1.29, 1.82) is 0 Å². The normalized spacial score (nSPS) is 13.4. The molecule has 0 saturated heterocycles. The molecule has 0 aliphatic rings. The van der Waals surface area contributed by atoms with Crippen LogP contribution in [0.5, 0.6) is 0 Å². The van der Waals surface area contributed by atoms with Gasteiger partial charge in [-0.2, -0.15) is 18.3 Å². The predicted octanol–water partition coefficient (Wildman–Crippen LogP) is 3.33. The van der Waals surface area contributed by atoms with E-state index in [1.165, 1.54) is 12.1 Å². The standard InChI is InChI=1S/C15H18F3N3/c1-3-19-14(13-7-8-21(2)20-13)10-11-5-4-6-12(9-11)15(16,17)18/h4-9,14,19H,3,10H2,1-2H3. The number of aromatic nitrogens is 2. The van der Waals surface area contributed by atoms with Gasteiger partial charge in [-0.25, -0.2) is 0 Å². The summed E-state index contributed by atoms with van der Waals surface area (Å²) in [6, 6.07) is 7.22. The largest absolute Gasteiger partial charge is 0.416 e. The molecular formula is C15H18F3N3. The van der Waals surface area contributed by atoms with Crippen molar-refractivity contribution in [3.63, 3.8) is 0 Å². The molecule has 1 atom stereocenters. The van der Waals surface area contributed by atoms with Gasteiger partial charge in [0.05, 0.1) is 17.3 Å². The molecule has 6 heteroatoms. The highest BCUT2D eigenvalue weighted by molar-refractivity contribution is 5.27. The second-order valence-electron chi connectivity index (χ2n) is 4.93. The third-order valence-electron chi connectivity index (χ3n) is 3.24. The van der Waals surface area contributed by atoms with E-state index < -0.39 is 11.7 Å². The first kappa shape index (κ1) is 15.6. The van der Waals surface area contributed by atoms with E-state index in [1.807, 2.05) is 26.2 Å². The van der Waals surface area contributed by atoms with Crippen molar-refractivity contribution in [1.82, 2.24) is 15.1 Å². The first-order valence-corrected chi connectivity index (χ1v) is 6.79. The van der Waals surface area contributed by atoms with Crippen LogP contribution in [-0.2, 0) is 19.6 Å². The fourth-order valence-electron chi connectivity index (χ4n) is 2.26. The molecule has 0 fully saturated rings. The van der Waals surface area contributed by atoms with Crippen molar-refractivity contribution in [3.8, 4) is 0 Å². The minimum atomic E-state index is -4.31. The first-order chi connectivity index (χ1) is 9.90. The average molecular weight is 297 g/mol. The Hall–Kier alpha value is -1.82. The molecule has 0 amide bonds. The molecule has 1 N–H and O–H groups in total. The van der Waals surface area contributed by atoms with Crippen LogP contribution in [-0.4, -0.2) is 16.3 Å². The molecule has 21 heavy (non-hydrogen) atoms. The van der Waals surface area contributed by atoms with Crippen molar-refractivity contribution < 1.29 is 13.2 Å². The molecule has 1 unspecified atom stereocenters. The third-order valence-corrected chi connectivity index (χ3v) is 3.24. The molecule has 0 bridgehead atoms. The Kier molecular flexibility index (Phi) is 4.67. The second-order valence-corrected chi connectivity index (χ2v) is 4.93. The monoisotopic (exact) mass is 297 g/mol. The van der Waals surface area contributed by atoms with Crippen LogP contribution in [0.3, 0.4) is 0 Å². The lowest BCUT2D eigenvalue weighted by Crippen LogP contribution is -2.23. The molecule has 1 aromatic carbocycles. The SMILES string of the molecule is CCNC(Cc1cccc(C(F)(F)F)c1)c1ccn(C)n1. The average Bonchev–Trinajstić information content (AvgIpc) is 2.84. The van der Waals surface area contributed by atoms with E-state index in [0.29, 0.717) is 12.0 Å². The molecule has 1 heterocycles. The van der Waals surface area contributed by atoms with Gasteiger partial charge in [0.2, 0.25) is 0 Å². The highest BCUT2D eigenvalue weighted by Gasteiger charge is 2.30. The molecule has 2 aromatic rings. The number of aryl methyl sites for hydroxylation is 1. The minimum absolute atomic E-state index is 0.0975. The Morgan fingerprint density at radius 2 is 2.05 bits per heavy atom. The van der Waals surface area contributed by atoms with Crippen molar-refractivity contribution in [2.75, 3.05) is 6.54 Å². The summed E-state index contributed by atoms with van der Waals surface area (Å²) in [6.07, 6.45) is -2.02. The number of nitrogens with one attached hydrogen (secondary N) is 1. The van der Waals surface area contributed by atoms with E-state index in [1.54, 1.807) is 10.7 Å². The smallest absolute Gasteiger partial charge is 0.309 e. The summed E-state index contributed by atoms with van der Waals surface area (Å²) in [4.78, 5) is 0. The molecule has 1 aromatic heterocycles. The highest BCUT2D eigenvalue weighted by atomic mass is 19.4. The van der Waals surface area contributed by atoms with E-state index in [0.717, 1.165) is 18.3 Å². The molecule has 0 spiro atoms. The maximum absolute atomic E-state index is 12.7. The lowest BCUT2D eigenvalue weighted by Gasteiger charge is -2.17. The van der Waals surface area contributed by atoms with E-state index in [9.17, 15) is 13.2 Å². The topological polar surface area (TPSA) is 29.9 Å². The molecule has 0 radical (unpaired) electrons. The van der Waals surface area contributed by atoms with Crippen molar-refractivity contribution in [2.45, 2.75) is 25.6 Å². The van der Waals surface area contributed by atoms with Crippen molar-refractivity contribution >= 4 is 0 Å². The molecule has 114 valence electrons. The van der Waals surface area contributed by atoms with Gasteiger partial charge in [0.25, 0.3) is 0 Å². The van der Waals surface area contributed by atoms with Gasteiger partial charge in [-0.15, -0.1) is 0 Å². The van der Waals surface area contributed by atoms with Crippen LogP contribution in [0, 0.1) is 0 Å². The number of likely N-dealkylation sites (N-methyl/N-ethyl adjacent to an activating group) is 1. The van der Waals surface area contributed by atoms with E-state index in [2.05, 4.69) is 10.4 Å². The number of rotatable bonds is 5. The van der Waals surface area contributed by atoms with E-state index in [-0.39, 0.29) is 6.04 Å². The van der Waals surface area contributed by atoms with Crippen LogP contribution in [0.25, 0.3) is 0 Å². The molecular weight excluding hydrogens is 279 g/mol. The van der Waals surface area contributed by atoms with Crippen LogP contribution in [0.1, 0.15) is 29.8 Å². The Morgan fingerprint density at radius 1 is 1.29 bits per heavy atom. The molecule has 0 aliphatic carbocycles. The fraction of sp³-hybridized carbons (Fsp3) is 0.400. The number of alkyl halides is 3. The molecule has 3 nitrogen and oxygen atoms in total. The predicted molar refractivity (Wildman–Crippen MR) is 74.8 cm³/mol. The van der Waals surface area contributed by atoms with Crippen molar-refractivity contribution in [3.05, 3.63) is 53.3 Å².